The maximum absolute atomic E-state index is 12.1. The van der Waals surface area contributed by atoms with E-state index in [1.165, 1.54) is 11.1 Å². The van der Waals surface area contributed by atoms with Crippen molar-refractivity contribution in [1.82, 2.24) is 4.90 Å². The molecule has 3 aromatic carbocycles. The van der Waals surface area contributed by atoms with Gasteiger partial charge in [-0.2, -0.15) is 0 Å². The molecule has 0 unspecified atom stereocenters. The Morgan fingerprint density at radius 2 is 1.30 bits per heavy atom. The molecule has 1 aliphatic heterocycles. The van der Waals surface area contributed by atoms with E-state index < -0.39 is 6.09 Å². The van der Waals surface area contributed by atoms with Crippen molar-refractivity contribution < 1.29 is 9.53 Å². The van der Waals surface area contributed by atoms with E-state index in [1.807, 2.05) is 42.5 Å². The molecule has 4 rings (SSSR count). The molecule has 0 aromatic heterocycles. The van der Waals surface area contributed by atoms with Gasteiger partial charge < -0.3 is 4.74 Å². The Bertz CT molecular complexity index is 823. The number of carbonyl (C=O) groups excluding carboxylic acids is 1. The molecule has 0 spiro atoms. The lowest BCUT2D eigenvalue weighted by molar-refractivity contribution is -0.0233. The third-order valence-corrected chi connectivity index (χ3v) is 4.77. The van der Waals surface area contributed by atoms with Crippen LogP contribution >= 0.6 is 0 Å². The second kappa shape index (κ2) is 8.06. The fourth-order valence-corrected chi connectivity index (χ4v) is 3.46. The minimum atomic E-state index is -0.401. The zero-order valence-corrected chi connectivity index (χ0v) is 15.0. The molecule has 1 fully saturated rings. The van der Waals surface area contributed by atoms with Crippen LogP contribution in [0.2, 0.25) is 0 Å². The number of hydrogen-bond donors (Lipinski definition) is 1. The van der Waals surface area contributed by atoms with Crippen molar-refractivity contribution >= 4 is 11.8 Å². The summed E-state index contributed by atoms with van der Waals surface area (Å²) in [6.45, 7) is 1.44. The van der Waals surface area contributed by atoms with E-state index >= 15 is 0 Å². The first-order valence-corrected chi connectivity index (χ1v) is 9.16. The zero-order valence-electron chi connectivity index (χ0n) is 15.0. The van der Waals surface area contributed by atoms with Crippen LogP contribution < -0.4 is 5.32 Å². The van der Waals surface area contributed by atoms with Crippen molar-refractivity contribution in [3.05, 3.63) is 102 Å². The number of amides is 1. The van der Waals surface area contributed by atoms with Crippen LogP contribution in [0.1, 0.15) is 17.2 Å². The number of ether oxygens (including phenoxy) is 1. The lowest BCUT2D eigenvalue weighted by Crippen LogP contribution is -2.54. The van der Waals surface area contributed by atoms with Gasteiger partial charge in [0.1, 0.15) is 6.10 Å². The van der Waals surface area contributed by atoms with E-state index in [0.717, 1.165) is 18.8 Å². The Morgan fingerprint density at radius 1 is 0.815 bits per heavy atom. The summed E-state index contributed by atoms with van der Waals surface area (Å²) in [6.07, 6.45) is -0.495. The first kappa shape index (κ1) is 17.3. The van der Waals surface area contributed by atoms with Gasteiger partial charge in [0.25, 0.3) is 0 Å². The molecule has 4 heteroatoms. The third kappa shape index (κ3) is 4.18. The summed E-state index contributed by atoms with van der Waals surface area (Å²) in [5.41, 5.74) is 3.23. The standard InChI is InChI=1S/C23H22N2O2/c26-23(24-20-14-8-3-9-15-20)27-21-16-25(17-21)22(18-10-4-1-5-11-18)19-12-6-2-7-13-19/h1-15,21-22H,16-17H2,(H,24,26). The summed E-state index contributed by atoms with van der Waals surface area (Å²) in [7, 11) is 0. The third-order valence-electron chi connectivity index (χ3n) is 4.77. The summed E-state index contributed by atoms with van der Waals surface area (Å²) in [5.74, 6) is 0. The average molecular weight is 358 g/mol. The molecule has 3 aromatic rings. The van der Waals surface area contributed by atoms with Crippen molar-refractivity contribution in [1.29, 1.82) is 0 Å². The number of benzene rings is 3. The van der Waals surface area contributed by atoms with Gasteiger partial charge in [0.15, 0.2) is 0 Å². The van der Waals surface area contributed by atoms with E-state index in [1.54, 1.807) is 0 Å². The predicted molar refractivity (Wildman–Crippen MR) is 107 cm³/mol. The molecule has 1 amide bonds. The number of nitrogens with zero attached hydrogens (tertiary/aromatic N) is 1. The van der Waals surface area contributed by atoms with Crippen molar-refractivity contribution in [3.63, 3.8) is 0 Å². The van der Waals surface area contributed by atoms with Crippen LogP contribution in [0, 0.1) is 0 Å². The van der Waals surface area contributed by atoms with E-state index in [0.29, 0.717) is 0 Å². The fourth-order valence-electron chi connectivity index (χ4n) is 3.46. The monoisotopic (exact) mass is 358 g/mol. The van der Waals surface area contributed by atoms with Crippen molar-refractivity contribution in [2.24, 2.45) is 0 Å². The summed E-state index contributed by atoms with van der Waals surface area (Å²) >= 11 is 0. The fraction of sp³-hybridized carbons (Fsp3) is 0.174. The molecule has 136 valence electrons. The number of carbonyl (C=O) groups is 1. The van der Waals surface area contributed by atoms with Crippen molar-refractivity contribution in [2.45, 2.75) is 12.1 Å². The summed E-state index contributed by atoms with van der Waals surface area (Å²) < 4.78 is 5.55. The molecule has 4 nitrogen and oxygen atoms in total. The highest BCUT2D eigenvalue weighted by Gasteiger charge is 2.36. The Morgan fingerprint density at radius 3 is 1.81 bits per heavy atom. The predicted octanol–water partition coefficient (Wildman–Crippen LogP) is 4.71. The lowest BCUT2D eigenvalue weighted by atomic mass is 9.94. The summed E-state index contributed by atoms with van der Waals surface area (Å²) in [5, 5.41) is 2.77. The van der Waals surface area contributed by atoms with E-state index in [2.05, 4.69) is 58.7 Å². The average Bonchev–Trinajstić information content (AvgIpc) is 2.69. The maximum Gasteiger partial charge on any atom is 0.411 e. The number of para-hydroxylation sites is 1. The molecule has 1 N–H and O–H groups in total. The van der Waals surface area contributed by atoms with Crippen LogP contribution in [-0.4, -0.2) is 30.2 Å². The molecule has 0 bridgehead atoms. The number of nitrogens with one attached hydrogen (secondary N) is 1. The lowest BCUT2D eigenvalue weighted by Gasteiger charge is -2.43. The molecular formula is C23H22N2O2. The van der Waals surface area contributed by atoms with Gasteiger partial charge in [0.2, 0.25) is 0 Å². The Labute approximate surface area is 159 Å². The van der Waals surface area contributed by atoms with E-state index in [-0.39, 0.29) is 12.1 Å². The van der Waals surface area contributed by atoms with Crippen molar-refractivity contribution in [3.8, 4) is 0 Å². The van der Waals surface area contributed by atoms with E-state index in [9.17, 15) is 4.79 Å². The van der Waals surface area contributed by atoms with Gasteiger partial charge in [0.05, 0.1) is 6.04 Å². The van der Waals surface area contributed by atoms with Crippen molar-refractivity contribution in [2.75, 3.05) is 18.4 Å². The molecule has 0 aliphatic carbocycles. The molecular weight excluding hydrogens is 336 g/mol. The van der Waals surface area contributed by atoms with Crippen LogP contribution in [0.4, 0.5) is 10.5 Å². The summed E-state index contributed by atoms with van der Waals surface area (Å²) in [6, 6.07) is 30.4. The molecule has 1 heterocycles. The SMILES string of the molecule is O=C(Nc1ccccc1)OC1CN(C(c2ccccc2)c2ccccc2)C1. The van der Waals surface area contributed by atoms with Crippen LogP contribution in [0.3, 0.4) is 0 Å². The van der Waals surface area contributed by atoms with Gasteiger partial charge >= 0.3 is 6.09 Å². The first-order valence-electron chi connectivity index (χ1n) is 9.16. The highest BCUT2D eigenvalue weighted by molar-refractivity contribution is 5.84. The molecule has 0 saturated carbocycles. The molecule has 0 radical (unpaired) electrons. The largest absolute Gasteiger partial charge is 0.443 e. The number of anilines is 1. The highest BCUT2D eigenvalue weighted by Crippen LogP contribution is 2.33. The summed E-state index contributed by atoms with van der Waals surface area (Å²) in [4.78, 5) is 14.4. The number of rotatable bonds is 5. The quantitative estimate of drug-likeness (QED) is 0.718. The van der Waals surface area contributed by atoms with Crippen LogP contribution in [0.15, 0.2) is 91.0 Å². The highest BCUT2D eigenvalue weighted by atomic mass is 16.6. The second-order valence-corrected chi connectivity index (χ2v) is 6.70. The number of likely N-dealkylation sites (tertiary alicyclic amines) is 1. The molecule has 1 aliphatic rings. The van der Waals surface area contributed by atoms with Crippen LogP contribution in [0.5, 0.6) is 0 Å². The van der Waals surface area contributed by atoms with Gasteiger partial charge in [-0.3, -0.25) is 10.2 Å². The topological polar surface area (TPSA) is 41.6 Å². The minimum Gasteiger partial charge on any atom is -0.443 e. The van der Waals surface area contributed by atoms with Gasteiger partial charge in [-0.15, -0.1) is 0 Å². The Balaban J connectivity index is 1.39. The van der Waals surface area contributed by atoms with Crippen LogP contribution in [-0.2, 0) is 4.74 Å². The second-order valence-electron chi connectivity index (χ2n) is 6.70. The first-order chi connectivity index (χ1) is 13.3. The van der Waals surface area contributed by atoms with Gasteiger partial charge in [-0.05, 0) is 23.3 Å². The Hall–Kier alpha value is -3.11. The number of hydrogen-bond acceptors (Lipinski definition) is 3. The maximum atomic E-state index is 12.1. The molecule has 0 atom stereocenters. The molecule has 27 heavy (non-hydrogen) atoms. The van der Waals surface area contributed by atoms with Gasteiger partial charge in [-0.1, -0.05) is 78.9 Å². The minimum absolute atomic E-state index is 0.0939. The van der Waals surface area contributed by atoms with Crippen LogP contribution in [0.25, 0.3) is 0 Å². The molecule has 1 saturated heterocycles. The van der Waals surface area contributed by atoms with Gasteiger partial charge in [0, 0.05) is 18.8 Å². The van der Waals surface area contributed by atoms with E-state index in [4.69, 9.17) is 4.74 Å². The smallest absolute Gasteiger partial charge is 0.411 e. The zero-order chi connectivity index (χ0) is 18.5. The Kier molecular flexibility index (Phi) is 5.17. The van der Waals surface area contributed by atoms with Gasteiger partial charge in [-0.25, -0.2) is 4.79 Å². The normalized spacial score (nSPS) is 14.6.